The van der Waals surface area contributed by atoms with Crippen LogP contribution in [0.25, 0.3) is 0 Å². The molecule has 0 amide bonds. The molecule has 1 atom stereocenters. The summed E-state index contributed by atoms with van der Waals surface area (Å²) in [5.74, 6) is -0.606. The monoisotopic (exact) mass is 288 g/mol. The topological polar surface area (TPSA) is 51.7 Å². The summed E-state index contributed by atoms with van der Waals surface area (Å²) in [4.78, 5) is 16.9. The molecule has 7 heteroatoms. The maximum absolute atomic E-state index is 13.8. The predicted molar refractivity (Wildman–Crippen MR) is 67.8 cm³/mol. The van der Waals surface area contributed by atoms with Crippen LogP contribution in [0, 0.1) is 5.82 Å². The zero-order chi connectivity index (χ0) is 13.8. The maximum Gasteiger partial charge on any atom is 0.308 e. The van der Waals surface area contributed by atoms with Crippen LogP contribution in [-0.4, -0.2) is 43.9 Å². The number of rotatable bonds is 3. The molecule has 1 unspecified atom stereocenters. The van der Waals surface area contributed by atoms with Crippen molar-refractivity contribution in [2.45, 2.75) is 12.5 Å². The lowest BCUT2D eigenvalue weighted by atomic mass is 10.2. The van der Waals surface area contributed by atoms with Crippen molar-refractivity contribution in [1.82, 2.24) is 4.98 Å². The van der Waals surface area contributed by atoms with Crippen molar-refractivity contribution >= 4 is 23.4 Å². The number of aromatic nitrogens is 1. The lowest BCUT2D eigenvalue weighted by Gasteiger charge is -2.33. The summed E-state index contributed by atoms with van der Waals surface area (Å²) in [5.41, 5.74) is 0. The Bertz CT molecular complexity index is 472. The molecule has 0 N–H and O–H groups in total. The highest BCUT2D eigenvalue weighted by molar-refractivity contribution is 6.30. The first-order valence-electron chi connectivity index (χ1n) is 5.84. The summed E-state index contributed by atoms with van der Waals surface area (Å²) >= 11 is 5.67. The molecule has 0 spiro atoms. The summed E-state index contributed by atoms with van der Waals surface area (Å²) in [6.07, 6.45) is 1.21. The number of halogens is 2. The van der Waals surface area contributed by atoms with Crippen molar-refractivity contribution < 1.29 is 18.7 Å². The van der Waals surface area contributed by atoms with Crippen LogP contribution >= 0.6 is 11.6 Å². The smallest absolute Gasteiger partial charge is 0.308 e. The first-order chi connectivity index (χ1) is 9.10. The van der Waals surface area contributed by atoms with Crippen LogP contribution in [0.5, 0.6) is 0 Å². The Kier molecular flexibility index (Phi) is 4.55. The summed E-state index contributed by atoms with van der Waals surface area (Å²) in [6.45, 7) is 1.31. The molecule has 1 aromatic heterocycles. The van der Waals surface area contributed by atoms with Crippen LogP contribution in [0.2, 0.25) is 5.02 Å². The highest BCUT2D eigenvalue weighted by Gasteiger charge is 2.25. The number of carbonyl (C=O) groups is 1. The van der Waals surface area contributed by atoms with E-state index in [0.717, 1.165) is 0 Å². The van der Waals surface area contributed by atoms with Crippen LogP contribution in [0.3, 0.4) is 0 Å². The average Bonchev–Trinajstić information content (AvgIpc) is 2.39. The SMILES string of the molecule is COC(=O)CC1CN(c2ncc(Cl)cc2F)CCO1. The van der Waals surface area contributed by atoms with Gasteiger partial charge in [0.25, 0.3) is 0 Å². The molecule has 2 rings (SSSR count). The predicted octanol–water partition coefficient (Wildman–Crippen LogP) is 1.64. The van der Waals surface area contributed by atoms with E-state index in [4.69, 9.17) is 16.3 Å². The molecule has 5 nitrogen and oxygen atoms in total. The minimum atomic E-state index is -0.480. The van der Waals surface area contributed by atoms with E-state index < -0.39 is 5.82 Å². The van der Waals surface area contributed by atoms with Gasteiger partial charge >= 0.3 is 5.97 Å². The third-order valence-electron chi connectivity index (χ3n) is 2.85. The fourth-order valence-electron chi connectivity index (χ4n) is 1.94. The fraction of sp³-hybridized carbons (Fsp3) is 0.500. The van der Waals surface area contributed by atoms with Crippen molar-refractivity contribution in [3.8, 4) is 0 Å². The van der Waals surface area contributed by atoms with E-state index in [1.165, 1.54) is 19.4 Å². The molecule has 1 fully saturated rings. The standard InChI is InChI=1S/C12H14ClFN2O3/c1-18-11(17)5-9-7-16(2-3-19-9)12-10(14)4-8(13)6-15-12/h4,6,9H,2-3,5,7H2,1H3. The first kappa shape index (κ1) is 14.0. The van der Waals surface area contributed by atoms with E-state index >= 15 is 0 Å². The molecular weight excluding hydrogens is 275 g/mol. The van der Waals surface area contributed by atoms with Gasteiger partial charge in [-0.2, -0.15) is 0 Å². The van der Waals surface area contributed by atoms with E-state index in [2.05, 4.69) is 9.72 Å². The van der Waals surface area contributed by atoms with Crippen molar-refractivity contribution in [2.75, 3.05) is 31.7 Å². The van der Waals surface area contributed by atoms with E-state index in [1.807, 2.05) is 0 Å². The van der Waals surface area contributed by atoms with Crippen molar-refractivity contribution in [3.63, 3.8) is 0 Å². The van der Waals surface area contributed by atoms with Crippen LogP contribution in [0.1, 0.15) is 6.42 Å². The third kappa shape index (κ3) is 3.54. The number of hydrogen-bond donors (Lipinski definition) is 0. The zero-order valence-corrected chi connectivity index (χ0v) is 11.2. The van der Waals surface area contributed by atoms with Crippen LogP contribution < -0.4 is 4.90 Å². The average molecular weight is 289 g/mol. The molecule has 0 aromatic carbocycles. The molecule has 104 valence electrons. The summed E-state index contributed by atoms with van der Waals surface area (Å²) in [5, 5.41) is 0.251. The number of esters is 1. The lowest BCUT2D eigenvalue weighted by Crippen LogP contribution is -2.44. The molecule has 1 aromatic rings. The van der Waals surface area contributed by atoms with Gasteiger partial charge in [-0.3, -0.25) is 4.79 Å². The van der Waals surface area contributed by atoms with Crippen molar-refractivity contribution in [1.29, 1.82) is 0 Å². The molecule has 19 heavy (non-hydrogen) atoms. The van der Waals surface area contributed by atoms with Crippen LogP contribution in [0.15, 0.2) is 12.3 Å². The van der Waals surface area contributed by atoms with Crippen LogP contribution in [-0.2, 0) is 14.3 Å². The number of nitrogens with zero attached hydrogens (tertiary/aromatic N) is 2. The van der Waals surface area contributed by atoms with Gasteiger partial charge in [-0.1, -0.05) is 11.6 Å². The number of carbonyl (C=O) groups excluding carboxylic acids is 1. The maximum atomic E-state index is 13.8. The Morgan fingerprint density at radius 2 is 2.53 bits per heavy atom. The van der Waals surface area contributed by atoms with Crippen molar-refractivity contribution in [3.05, 3.63) is 23.1 Å². The van der Waals surface area contributed by atoms with Gasteiger partial charge < -0.3 is 14.4 Å². The number of morpholine rings is 1. The van der Waals surface area contributed by atoms with Gasteiger partial charge in [0.05, 0.1) is 31.3 Å². The molecule has 1 saturated heterocycles. The fourth-order valence-corrected chi connectivity index (χ4v) is 2.09. The Hall–Kier alpha value is -1.40. The van der Waals surface area contributed by atoms with Gasteiger partial charge in [0, 0.05) is 19.3 Å². The second kappa shape index (κ2) is 6.16. The summed E-state index contributed by atoms with van der Waals surface area (Å²) in [6, 6.07) is 1.22. The van der Waals surface area contributed by atoms with Gasteiger partial charge in [-0.15, -0.1) is 0 Å². The minimum Gasteiger partial charge on any atom is -0.469 e. The quantitative estimate of drug-likeness (QED) is 0.792. The molecule has 0 radical (unpaired) electrons. The van der Waals surface area contributed by atoms with Gasteiger partial charge in [-0.05, 0) is 6.07 Å². The number of ether oxygens (including phenoxy) is 2. The molecule has 0 saturated carbocycles. The third-order valence-corrected chi connectivity index (χ3v) is 3.06. The van der Waals surface area contributed by atoms with E-state index in [1.54, 1.807) is 4.90 Å². The van der Waals surface area contributed by atoms with Gasteiger partial charge in [0.15, 0.2) is 11.6 Å². The molecule has 0 bridgehead atoms. The molecule has 0 aliphatic carbocycles. The lowest BCUT2D eigenvalue weighted by molar-refractivity contribution is -0.144. The second-order valence-electron chi connectivity index (χ2n) is 4.18. The van der Waals surface area contributed by atoms with Crippen molar-refractivity contribution in [2.24, 2.45) is 0 Å². The van der Waals surface area contributed by atoms with E-state index in [9.17, 15) is 9.18 Å². The number of hydrogen-bond acceptors (Lipinski definition) is 5. The zero-order valence-electron chi connectivity index (χ0n) is 10.4. The highest BCUT2D eigenvalue weighted by atomic mass is 35.5. The number of methoxy groups -OCH3 is 1. The Morgan fingerprint density at radius 1 is 1.74 bits per heavy atom. The Morgan fingerprint density at radius 3 is 3.21 bits per heavy atom. The van der Waals surface area contributed by atoms with Crippen LogP contribution in [0.4, 0.5) is 10.2 Å². The number of anilines is 1. The second-order valence-corrected chi connectivity index (χ2v) is 4.61. The minimum absolute atomic E-state index is 0.141. The Balaban J connectivity index is 2.06. The molecule has 1 aliphatic rings. The molecule has 1 aliphatic heterocycles. The van der Waals surface area contributed by atoms with Gasteiger partial charge in [0.1, 0.15) is 0 Å². The van der Waals surface area contributed by atoms with Gasteiger partial charge in [-0.25, -0.2) is 9.37 Å². The Labute approximate surface area is 115 Å². The molecule has 2 heterocycles. The van der Waals surface area contributed by atoms with Gasteiger partial charge in [0.2, 0.25) is 0 Å². The summed E-state index contributed by atoms with van der Waals surface area (Å²) in [7, 11) is 1.32. The first-order valence-corrected chi connectivity index (χ1v) is 6.22. The molecular formula is C12H14ClFN2O3. The highest BCUT2D eigenvalue weighted by Crippen LogP contribution is 2.22. The van der Waals surface area contributed by atoms with E-state index in [0.29, 0.717) is 19.7 Å². The number of pyridine rings is 1. The normalized spacial score (nSPS) is 19.3. The summed E-state index contributed by atoms with van der Waals surface area (Å²) < 4.78 is 23.8. The van der Waals surface area contributed by atoms with E-state index in [-0.39, 0.29) is 29.3 Å². The largest absolute Gasteiger partial charge is 0.469 e.